The Morgan fingerprint density at radius 3 is 2.17 bits per heavy atom. The van der Waals surface area contributed by atoms with Crippen molar-refractivity contribution in [3.8, 4) is 0 Å². The van der Waals surface area contributed by atoms with E-state index in [9.17, 15) is 10.0 Å². The van der Waals surface area contributed by atoms with Gasteiger partial charge in [0.2, 0.25) is 0 Å². The van der Waals surface area contributed by atoms with Crippen molar-refractivity contribution in [1.82, 2.24) is 0 Å². The number of benzene rings is 3. The van der Waals surface area contributed by atoms with Crippen LogP contribution in [0.25, 0.3) is 0 Å². The van der Waals surface area contributed by atoms with Crippen molar-refractivity contribution in [1.29, 1.82) is 0 Å². The second-order valence-electron chi connectivity index (χ2n) is 8.59. The largest absolute Gasteiger partial charge is 0.488 e. The van der Waals surface area contributed by atoms with Gasteiger partial charge in [0.1, 0.15) is 0 Å². The number of rotatable bonds is 5. The third kappa shape index (κ3) is 3.64. The average molecular weight is 420 g/mol. The molecular weight excluding hydrogens is 393 g/mol. The molecule has 3 aromatic rings. The normalized spacial score (nSPS) is 14.3. The number of fused-ring (bicyclic) bond motifs is 2. The van der Waals surface area contributed by atoms with E-state index in [0.29, 0.717) is 11.3 Å². The third-order valence-corrected chi connectivity index (χ3v) is 6.36. The Bertz CT molecular complexity index is 1060. The highest BCUT2D eigenvalue weighted by Gasteiger charge is 2.37. The van der Waals surface area contributed by atoms with Gasteiger partial charge in [-0.3, -0.25) is 0 Å². The first-order chi connectivity index (χ1) is 14.3. The molecular formula is C25H27BClNO2. The van der Waals surface area contributed by atoms with Crippen molar-refractivity contribution in [3.63, 3.8) is 0 Å². The van der Waals surface area contributed by atoms with Crippen LogP contribution < -0.4 is 10.4 Å². The topological polar surface area (TPSA) is 43.7 Å². The highest BCUT2D eigenvalue weighted by Crippen LogP contribution is 2.51. The minimum absolute atomic E-state index is 0.266. The summed E-state index contributed by atoms with van der Waals surface area (Å²) in [5.41, 5.74) is 8.34. The first-order valence-corrected chi connectivity index (χ1v) is 10.9. The zero-order chi connectivity index (χ0) is 21.5. The molecule has 1 aliphatic rings. The maximum absolute atomic E-state index is 9.75. The summed E-state index contributed by atoms with van der Waals surface area (Å²) in [4.78, 5) is 2.27. The molecule has 0 aromatic heterocycles. The second-order valence-corrected chi connectivity index (χ2v) is 8.97. The lowest BCUT2D eigenvalue weighted by Gasteiger charge is -2.42. The van der Waals surface area contributed by atoms with Gasteiger partial charge in [-0.15, -0.1) is 11.6 Å². The summed E-state index contributed by atoms with van der Waals surface area (Å²) in [6.07, 6.45) is 1.94. The van der Waals surface area contributed by atoms with E-state index in [1.54, 1.807) is 6.07 Å². The molecule has 1 heterocycles. The van der Waals surface area contributed by atoms with E-state index in [-0.39, 0.29) is 5.41 Å². The Balaban J connectivity index is 1.89. The fraction of sp³-hybridized carbons (Fsp3) is 0.280. The molecule has 0 amide bonds. The smallest absolute Gasteiger partial charge is 0.423 e. The lowest BCUT2D eigenvalue weighted by Crippen LogP contribution is -2.35. The molecule has 2 N–H and O–H groups in total. The lowest BCUT2D eigenvalue weighted by molar-refractivity contribution is 0.425. The Morgan fingerprint density at radius 1 is 0.900 bits per heavy atom. The van der Waals surface area contributed by atoms with Crippen LogP contribution in [0.2, 0.25) is 0 Å². The number of aryl methyl sites for hydroxylation is 2. The van der Waals surface area contributed by atoms with E-state index in [2.05, 4.69) is 68.1 Å². The van der Waals surface area contributed by atoms with Crippen molar-refractivity contribution in [2.24, 2.45) is 0 Å². The molecule has 3 nitrogen and oxygen atoms in total. The Hall–Kier alpha value is -2.27. The highest BCUT2D eigenvalue weighted by atomic mass is 35.5. The lowest BCUT2D eigenvalue weighted by atomic mass is 9.69. The van der Waals surface area contributed by atoms with Crippen LogP contribution in [0.4, 0.5) is 17.1 Å². The SMILES string of the molecule is Cc1ccc2c(c1)C(C)(C)c1cc(B(O)O)ccc1N2c1ccc(CCCCl)cc1. The van der Waals surface area contributed by atoms with Crippen LogP contribution in [0.5, 0.6) is 0 Å². The summed E-state index contributed by atoms with van der Waals surface area (Å²) in [6.45, 7) is 6.50. The van der Waals surface area contributed by atoms with Crippen LogP contribution >= 0.6 is 11.6 Å². The van der Waals surface area contributed by atoms with Crippen molar-refractivity contribution < 1.29 is 10.0 Å². The van der Waals surface area contributed by atoms with Gasteiger partial charge in [-0.1, -0.05) is 55.8 Å². The van der Waals surface area contributed by atoms with Gasteiger partial charge in [-0.05, 0) is 66.2 Å². The molecule has 0 unspecified atom stereocenters. The van der Waals surface area contributed by atoms with Crippen molar-refractivity contribution >= 4 is 41.2 Å². The summed E-state index contributed by atoms with van der Waals surface area (Å²) in [7, 11) is -1.49. The van der Waals surface area contributed by atoms with E-state index in [1.807, 2.05) is 12.1 Å². The molecule has 30 heavy (non-hydrogen) atoms. The molecule has 5 heteroatoms. The molecule has 0 bridgehead atoms. The number of nitrogens with zero attached hydrogens (tertiary/aromatic N) is 1. The van der Waals surface area contributed by atoms with Crippen LogP contribution in [0.1, 0.15) is 42.5 Å². The minimum atomic E-state index is -1.49. The first kappa shape index (κ1) is 21.0. The monoisotopic (exact) mass is 419 g/mol. The number of halogens is 1. The molecule has 4 rings (SSSR count). The molecule has 154 valence electrons. The van der Waals surface area contributed by atoms with Crippen LogP contribution in [-0.2, 0) is 11.8 Å². The zero-order valence-electron chi connectivity index (χ0n) is 17.7. The van der Waals surface area contributed by atoms with Gasteiger partial charge in [-0.2, -0.15) is 0 Å². The number of hydrogen-bond donors (Lipinski definition) is 2. The van der Waals surface area contributed by atoms with Crippen molar-refractivity contribution in [3.05, 3.63) is 82.9 Å². The van der Waals surface area contributed by atoms with Crippen molar-refractivity contribution in [2.75, 3.05) is 10.8 Å². The maximum Gasteiger partial charge on any atom is 0.488 e. The van der Waals surface area contributed by atoms with Crippen LogP contribution in [0.3, 0.4) is 0 Å². The maximum atomic E-state index is 9.75. The standard InChI is InChI=1S/C25H27BClNO2/c1-17-6-12-23-21(15-17)25(2,3)22-16-19(26(29)30)9-13-24(22)28(23)20-10-7-18(8-11-20)5-4-14-27/h6-13,15-16,29-30H,4-5,14H2,1-3H3. The summed E-state index contributed by atoms with van der Waals surface area (Å²) in [5, 5.41) is 19.5. The summed E-state index contributed by atoms with van der Waals surface area (Å²) in [6, 6.07) is 20.9. The Morgan fingerprint density at radius 2 is 1.53 bits per heavy atom. The molecule has 0 radical (unpaired) electrons. The predicted molar refractivity (Wildman–Crippen MR) is 127 cm³/mol. The third-order valence-electron chi connectivity index (χ3n) is 6.09. The molecule has 0 saturated carbocycles. The quantitative estimate of drug-likeness (QED) is 0.454. The Labute approximate surface area is 184 Å². The molecule has 1 aliphatic heterocycles. The highest BCUT2D eigenvalue weighted by molar-refractivity contribution is 6.58. The molecule has 0 aliphatic carbocycles. The van der Waals surface area contributed by atoms with E-state index >= 15 is 0 Å². The van der Waals surface area contributed by atoms with E-state index in [4.69, 9.17) is 11.6 Å². The van der Waals surface area contributed by atoms with E-state index < -0.39 is 7.12 Å². The van der Waals surface area contributed by atoms with E-state index in [1.165, 1.54) is 16.7 Å². The number of hydrogen-bond acceptors (Lipinski definition) is 3. The van der Waals surface area contributed by atoms with E-state index in [0.717, 1.165) is 35.5 Å². The molecule has 3 aromatic carbocycles. The second kappa shape index (κ2) is 8.11. The molecule has 0 saturated heterocycles. The summed E-state index contributed by atoms with van der Waals surface area (Å²) < 4.78 is 0. The zero-order valence-corrected chi connectivity index (χ0v) is 18.4. The fourth-order valence-electron chi connectivity index (χ4n) is 4.39. The Kier molecular flexibility index (Phi) is 5.67. The van der Waals surface area contributed by atoms with Crippen molar-refractivity contribution in [2.45, 2.75) is 39.0 Å². The van der Waals surface area contributed by atoms with Gasteiger partial charge in [0, 0.05) is 17.0 Å². The van der Waals surface area contributed by atoms with Crippen LogP contribution in [-0.4, -0.2) is 23.0 Å². The molecule has 0 atom stereocenters. The average Bonchev–Trinajstić information content (AvgIpc) is 2.73. The first-order valence-electron chi connectivity index (χ1n) is 10.4. The summed E-state index contributed by atoms with van der Waals surface area (Å²) >= 11 is 5.85. The number of alkyl halides is 1. The van der Waals surface area contributed by atoms with Gasteiger partial charge in [0.25, 0.3) is 0 Å². The van der Waals surface area contributed by atoms with Gasteiger partial charge >= 0.3 is 7.12 Å². The van der Waals surface area contributed by atoms with Gasteiger partial charge < -0.3 is 14.9 Å². The molecule has 0 fully saturated rings. The molecule has 0 spiro atoms. The van der Waals surface area contributed by atoms with Gasteiger partial charge in [0.15, 0.2) is 0 Å². The van der Waals surface area contributed by atoms with Crippen LogP contribution in [0.15, 0.2) is 60.7 Å². The van der Waals surface area contributed by atoms with Crippen LogP contribution in [0, 0.1) is 6.92 Å². The van der Waals surface area contributed by atoms with Gasteiger partial charge in [0.05, 0.1) is 11.4 Å². The van der Waals surface area contributed by atoms with Gasteiger partial charge in [-0.25, -0.2) is 0 Å². The summed E-state index contributed by atoms with van der Waals surface area (Å²) in [5.74, 6) is 0.669. The minimum Gasteiger partial charge on any atom is -0.423 e. The fourth-order valence-corrected chi connectivity index (χ4v) is 4.52. The predicted octanol–water partition coefficient (Wildman–Crippen LogP) is 4.96. The number of anilines is 3.